The number of aliphatic imine (C=N–C) groups is 1. The lowest BCUT2D eigenvalue weighted by Crippen LogP contribution is -2.51. The number of amides is 1. The van der Waals surface area contributed by atoms with Crippen molar-refractivity contribution in [1.29, 1.82) is 0 Å². The SMILES string of the molecule is CCC(CC)[C@H](NC(C)=O)[C@@H]1[C@H](O)[C@@H](C(=O)O)C[C@H]1N=C(N)N.NCCCC(N)C(=O)O. The highest BCUT2D eigenvalue weighted by Crippen LogP contribution is 2.39. The van der Waals surface area contributed by atoms with Crippen molar-refractivity contribution >= 4 is 23.8 Å². The van der Waals surface area contributed by atoms with Gasteiger partial charge in [0.25, 0.3) is 0 Å². The van der Waals surface area contributed by atoms with Crippen LogP contribution < -0.4 is 28.3 Å². The van der Waals surface area contributed by atoms with E-state index in [-0.39, 0.29) is 30.2 Å². The Morgan fingerprint density at radius 3 is 2.09 bits per heavy atom. The normalized spacial score (nSPS) is 24.1. The van der Waals surface area contributed by atoms with Crippen LogP contribution in [-0.2, 0) is 14.4 Å². The van der Waals surface area contributed by atoms with Gasteiger partial charge in [0, 0.05) is 18.9 Å². The first-order valence-electron chi connectivity index (χ1n) is 10.9. The van der Waals surface area contributed by atoms with Gasteiger partial charge in [-0.05, 0) is 31.7 Å². The Morgan fingerprint density at radius 2 is 1.72 bits per heavy atom. The lowest BCUT2D eigenvalue weighted by molar-refractivity contribution is -0.145. The summed E-state index contributed by atoms with van der Waals surface area (Å²) in [6.45, 7) is 5.89. The minimum absolute atomic E-state index is 0.0998. The van der Waals surface area contributed by atoms with Gasteiger partial charge in [-0.1, -0.05) is 26.7 Å². The first-order chi connectivity index (χ1) is 14.9. The predicted molar refractivity (Wildman–Crippen MR) is 120 cm³/mol. The van der Waals surface area contributed by atoms with E-state index in [9.17, 15) is 24.6 Å². The number of hydrogen-bond donors (Lipinski definition) is 8. The van der Waals surface area contributed by atoms with Gasteiger partial charge in [0.05, 0.1) is 18.1 Å². The van der Waals surface area contributed by atoms with Crippen LogP contribution in [0.2, 0.25) is 0 Å². The van der Waals surface area contributed by atoms with Gasteiger partial charge in [0.2, 0.25) is 5.91 Å². The molecular weight excluding hydrogens is 420 g/mol. The summed E-state index contributed by atoms with van der Waals surface area (Å²) in [5.74, 6) is -3.79. The van der Waals surface area contributed by atoms with Crippen LogP contribution in [0.15, 0.2) is 4.99 Å². The molecule has 1 aliphatic rings. The summed E-state index contributed by atoms with van der Waals surface area (Å²) in [5.41, 5.74) is 21.2. The number of nitrogens with two attached hydrogens (primary N) is 4. The zero-order valence-corrected chi connectivity index (χ0v) is 19.1. The molecule has 0 radical (unpaired) electrons. The van der Waals surface area contributed by atoms with Crippen molar-refractivity contribution in [3.8, 4) is 0 Å². The van der Waals surface area contributed by atoms with Gasteiger partial charge in [-0.3, -0.25) is 14.4 Å². The molecule has 0 aliphatic heterocycles. The van der Waals surface area contributed by atoms with E-state index in [2.05, 4.69) is 10.3 Å². The Hall–Kier alpha value is -2.44. The minimum Gasteiger partial charge on any atom is -0.481 e. The zero-order valence-electron chi connectivity index (χ0n) is 19.1. The third-order valence-corrected chi connectivity index (χ3v) is 5.76. The van der Waals surface area contributed by atoms with Crippen molar-refractivity contribution < 1.29 is 29.7 Å². The van der Waals surface area contributed by atoms with E-state index < -0.39 is 42.0 Å². The quantitative estimate of drug-likeness (QED) is 0.135. The molecule has 12 nitrogen and oxygen atoms in total. The summed E-state index contributed by atoms with van der Waals surface area (Å²) < 4.78 is 0. The van der Waals surface area contributed by atoms with E-state index in [1.54, 1.807) is 0 Å². The van der Waals surface area contributed by atoms with Crippen molar-refractivity contribution in [2.45, 2.75) is 77.1 Å². The van der Waals surface area contributed by atoms with Crippen LogP contribution in [0.3, 0.4) is 0 Å². The lowest BCUT2D eigenvalue weighted by Gasteiger charge is -2.35. The highest BCUT2D eigenvalue weighted by Gasteiger charge is 2.50. The number of hydrogen-bond acceptors (Lipinski definition) is 7. The molecule has 0 bridgehead atoms. The molecule has 6 atom stereocenters. The summed E-state index contributed by atoms with van der Waals surface area (Å²) in [7, 11) is 0. The van der Waals surface area contributed by atoms with Crippen LogP contribution in [0.1, 0.15) is 52.9 Å². The monoisotopic (exact) mass is 460 g/mol. The topological polar surface area (TPSA) is 240 Å². The number of nitrogens with zero attached hydrogens (tertiary/aromatic N) is 1. The van der Waals surface area contributed by atoms with E-state index in [4.69, 9.17) is 28.0 Å². The average Bonchev–Trinajstić information content (AvgIpc) is 3.01. The van der Waals surface area contributed by atoms with Crippen LogP contribution >= 0.6 is 0 Å². The molecule has 0 aromatic rings. The van der Waals surface area contributed by atoms with Crippen LogP contribution in [0, 0.1) is 17.8 Å². The van der Waals surface area contributed by atoms with E-state index in [0.717, 1.165) is 12.8 Å². The fraction of sp³-hybridized carbons (Fsp3) is 0.800. The largest absolute Gasteiger partial charge is 0.481 e. The number of aliphatic carboxylic acids is 2. The van der Waals surface area contributed by atoms with E-state index >= 15 is 0 Å². The van der Waals surface area contributed by atoms with Gasteiger partial charge in [-0.15, -0.1) is 0 Å². The number of carbonyl (C=O) groups is 3. The summed E-state index contributed by atoms with van der Waals surface area (Å²) in [6.07, 6.45) is 1.75. The Morgan fingerprint density at radius 1 is 1.16 bits per heavy atom. The summed E-state index contributed by atoms with van der Waals surface area (Å²) in [6, 6.07) is -1.66. The predicted octanol–water partition coefficient (Wildman–Crippen LogP) is -1.21. The average molecular weight is 461 g/mol. The Labute approximate surface area is 188 Å². The molecule has 1 saturated carbocycles. The molecule has 0 heterocycles. The number of guanidine groups is 1. The second kappa shape index (κ2) is 14.6. The number of rotatable bonds is 11. The molecular formula is C20H40N6O6. The molecule has 32 heavy (non-hydrogen) atoms. The van der Waals surface area contributed by atoms with Gasteiger partial charge in [-0.2, -0.15) is 0 Å². The smallest absolute Gasteiger partial charge is 0.320 e. The van der Waals surface area contributed by atoms with E-state index in [1.165, 1.54) is 6.92 Å². The van der Waals surface area contributed by atoms with Crippen molar-refractivity contribution in [2.75, 3.05) is 6.54 Å². The third kappa shape index (κ3) is 9.37. The third-order valence-electron chi connectivity index (χ3n) is 5.76. The number of aliphatic hydroxyl groups excluding tert-OH is 1. The van der Waals surface area contributed by atoms with Gasteiger partial charge >= 0.3 is 11.9 Å². The number of carboxylic acid groups (broad SMARTS) is 2. The molecule has 1 fully saturated rings. The van der Waals surface area contributed by atoms with E-state index in [0.29, 0.717) is 19.4 Å². The standard InChI is InChI=1S/C15H28N4O4.C5H12N2O2/c1-4-8(5-2)12(18-7(3)20)11-10(19-15(16)17)6-9(13(11)21)14(22)23;6-3-1-2-4(7)5(8)9/h8-13,21H,4-6H2,1-3H3,(H,18,20)(H,22,23)(H4,16,17,19);4H,1-3,6-7H2,(H,8,9)/t9-,10+,11+,12-,13+;/m0./s1. The number of carboxylic acids is 2. The summed E-state index contributed by atoms with van der Waals surface area (Å²) in [4.78, 5) is 37.1. The van der Waals surface area contributed by atoms with Crippen LogP contribution in [0.4, 0.5) is 0 Å². The van der Waals surface area contributed by atoms with Crippen LogP contribution in [0.5, 0.6) is 0 Å². The molecule has 12 N–H and O–H groups in total. The van der Waals surface area contributed by atoms with Crippen LogP contribution in [-0.4, -0.2) is 69.9 Å². The maximum absolute atomic E-state index is 11.6. The highest BCUT2D eigenvalue weighted by molar-refractivity contribution is 5.77. The summed E-state index contributed by atoms with van der Waals surface area (Å²) in [5, 5.41) is 31.0. The Balaban J connectivity index is 0.000000900. The molecule has 1 unspecified atom stereocenters. The van der Waals surface area contributed by atoms with Crippen molar-refractivity contribution in [2.24, 2.45) is 45.7 Å². The molecule has 1 aliphatic carbocycles. The van der Waals surface area contributed by atoms with Crippen molar-refractivity contribution in [1.82, 2.24) is 5.32 Å². The van der Waals surface area contributed by atoms with Gasteiger partial charge in [0.15, 0.2) is 5.96 Å². The van der Waals surface area contributed by atoms with E-state index in [1.807, 2.05) is 13.8 Å². The maximum Gasteiger partial charge on any atom is 0.320 e. The second-order valence-electron chi connectivity index (χ2n) is 8.05. The zero-order chi connectivity index (χ0) is 25.0. The molecule has 186 valence electrons. The minimum atomic E-state index is -1.11. The van der Waals surface area contributed by atoms with Crippen molar-refractivity contribution in [3.63, 3.8) is 0 Å². The first kappa shape index (κ1) is 29.6. The Bertz CT molecular complexity index is 638. The lowest BCUT2D eigenvalue weighted by atomic mass is 9.80. The molecule has 0 aromatic carbocycles. The highest BCUT2D eigenvalue weighted by atomic mass is 16.4. The summed E-state index contributed by atoms with van der Waals surface area (Å²) >= 11 is 0. The molecule has 0 aromatic heterocycles. The van der Waals surface area contributed by atoms with Crippen LogP contribution in [0.25, 0.3) is 0 Å². The fourth-order valence-electron chi connectivity index (χ4n) is 4.10. The first-order valence-corrected chi connectivity index (χ1v) is 10.9. The van der Waals surface area contributed by atoms with Gasteiger partial charge in [0.1, 0.15) is 6.04 Å². The molecule has 12 heteroatoms. The van der Waals surface area contributed by atoms with Gasteiger partial charge < -0.3 is 43.6 Å². The maximum atomic E-state index is 11.6. The Kier molecular flexibility index (Phi) is 13.5. The van der Waals surface area contributed by atoms with Gasteiger partial charge in [-0.25, -0.2) is 4.99 Å². The fourth-order valence-corrected chi connectivity index (χ4v) is 4.10. The molecule has 0 saturated heterocycles. The van der Waals surface area contributed by atoms with Crippen molar-refractivity contribution in [3.05, 3.63) is 0 Å². The second-order valence-corrected chi connectivity index (χ2v) is 8.05. The molecule has 1 amide bonds. The number of aliphatic hydroxyl groups is 1. The number of nitrogens with one attached hydrogen (secondary N) is 1. The molecule has 0 spiro atoms. The molecule has 1 rings (SSSR count). The number of carbonyl (C=O) groups excluding carboxylic acids is 1.